The van der Waals surface area contributed by atoms with Gasteiger partial charge in [0.15, 0.2) is 0 Å². The van der Waals surface area contributed by atoms with E-state index >= 15 is 0 Å². The van der Waals surface area contributed by atoms with Crippen LogP contribution < -0.4 is 15.1 Å². The third kappa shape index (κ3) is 7.22. The molecule has 0 spiro atoms. The highest BCUT2D eigenvalue weighted by Gasteiger charge is 2.13. The molecule has 0 aliphatic carbocycles. The molecule has 0 aliphatic rings. The second-order valence-electron chi connectivity index (χ2n) is 6.56. The van der Waals surface area contributed by atoms with Crippen LogP contribution in [0.15, 0.2) is 42.7 Å². The predicted molar refractivity (Wildman–Crippen MR) is 104 cm³/mol. The fourth-order valence-electron chi connectivity index (χ4n) is 2.72. The molecular formula is C20H28N4O3. The molecule has 0 saturated heterocycles. The van der Waals surface area contributed by atoms with Crippen LogP contribution in [0.2, 0.25) is 0 Å². The van der Waals surface area contributed by atoms with Crippen molar-refractivity contribution in [3.05, 3.63) is 42.7 Å². The first-order valence-corrected chi connectivity index (χ1v) is 9.34. The molecule has 2 aromatic rings. The Hall–Kier alpha value is -2.67. The standard InChI is InChI=1S/C20H28N4O3/c1-16(2)27-17-11-13-22-19(15-17)24(18-9-6-7-12-21-18)14-8-4-3-5-10-20(25)23-26/h6-7,9,11-13,15-16,26H,3-5,8,10,14H2,1-2H3,(H,23,25). The Balaban J connectivity index is 1.99. The van der Waals surface area contributed by atoms with Gasteiger partial charge < -0.3 is 9.64 Å². The summed E-state index contributed by atoms with van der Waals surface area (Å²) in [6.45, 7) is 4.75. The van der Waals surface area contributed by atoms with E-state index in [2.05, 4.69) is 14.9 Å². The maximum absolute atomic E-state index is 11.0. The van der Waals surface area contributed by atoms with Crippen molar-refractivity contribution in [2.75, 3.05) is 11.4 Å². The van der Waals surface area contributed by atoms with Gasteiger partial charge in [-0.3, -0.25) is 10.0 Å². The number of unbranched alkanes of at least 4 members (excludes halogenated alkanes) is 3. The molecule has 2 heterocycles. The minimum absolute atomic E-state index is 0.0969. The van der Waals surface area contributed by atoms with Crippen molar-refractivity contribution in [2.24, 2.45) is 0 Å². The average Bonchev–Trinajstić information content (AvgIpc) is 2.67. The second kappa shape index (κ2) is 11.1. The number of aromatic nitrogens is 2. The number of ether oxygens (including phenoxy) is 1. The number of pyridine rings is 2. The molecule has 2 aromatic heterocycles. The number of nitrogens with zero attached hydrogens (tertiary/aromatic N) is 3. The molecule has 0 radical (unpaired) electrons. The summed E-state index contributed by atoms with van der Waals surface area (Å²) in [4.78, 5) is 22.1. The van der Waals surface area contributed by atoms with Gasteiger partial charge in [-0.2, -0.15) is 0 Å². The molecule has 27 heavy (non-hydrogen) atoms. The van der Waals surface area contributed by atoms with Crippen LogP contribution in [0.4, 0.5) is 11.6 Å². The van der Waals surface area contributed by atoms with Gasteiger partial charge in [0.1, 0.15) is 17.4 Å². The lowest BCUT2D eigenvalue weighted by Crippen LogP contribution is -2.21. The summed E-state index contributed by atoms with van der Waals surface area (Å²) in [6.07, 6.45) is 7.55. The summed E-state index contributed by atoms with van der Waals surface area (Å²) in [7, 11) is 0. The number of carbonyl (C=O) groups excluding carboxylic acids is 1. The highest BCUT2D eigenvalue weighted by atomic mass is 16.5. The van der Waals surface area contributed by atoms with Gasteiger partial charge in [-0.25, -0.2) is 15.4 Å². The van der Waals surface area contributed by atoms with Gasteiger partial charge >= 0.3 is 0 Å². The molecule has 7 heteroatoms. The third-order valence-electron chi connectivity index (χ3n) is 3.95. The van der Waals surface area contributed by atoms with Gasteiger partial charge in [0.25, 0.3) is 0 Å². The van der Waals surface area contributed by atoms with E-state index in [1.54, 1.807) is 17.9 Å². The number of amides is 1. The number of hydrogen-bond donors (Lipinski definition) is 2. The summed E-state index contributed by atoms with van der Waals surface area (Å²) in [5.41, 5.74) is 1.66. The second-order valence-corrected chi connectivity index (χ2v) is 6.56. The van der Waals surface area contributed by atoms with Crippen LogP contribution in [0.3, 0.4) is 0 Å². The fourth-order valence-corrected chi connectivity index (χ4v) is 2.72. The highest BCUT2D eigenvalue weighted by molar-refractivity contribution is 5.74. The number of rotatable bonds is 11. The summed E-state index contributed by atoms with van der Waals surface area (Å²) >= 11 is 0. The first kappa shape index (κ1) is 20.6. The zero-order valence-corrected chi connectivity index (χ0v) is 16.0. The van der Waals surface area contributed by atoms with E-state index < -0.39 is 0 Å². The van der Waals surface area contributed by atoms with Crippen molar-refractivity contribution in [3.8, 4) is 5.75 Å². The monoisotopic (exact) mass is 372 g/mol. The van der Waals surface area contributed by atoms with Gasteiger partial charge in [-0.05, 0) is 44.9 Å². The molecule has 0 unspecified atom stereocenters. The summed E-state index contributed by atoms with van der Waals surface area (Å²) in [6, 6.07) is 9.59. The Morgan fingerprint density at radius 2 is 1.89 bits per heavy atom. The number of carbonyl (C=O) groups is 1. The first-order chi connectivity index (χ1) is 13.1. The van der Waals surface area contributed by atoms with Crippen molar-refractivity contribution >= 4 is 17.5 Å². The molecule has 0 saturated carbocycles. The highest BCUT2D eigenvalue weighted by Crippen LogP contribution is 2.25. The van der Waals surface area contributed by atoms with E-state index in [1.807, 2.05) is 44.2 Å². The van der Waals surface area contributed by atoms with E-state index in [-0.39, 0.29) is 12.0 Å². The zero-order valence-electron chi connectivity index (χ0n) is 16.0. The quantitative estimate of drug-likeness (QED) is 0.354. The van der Waals surface area contributed by atoms with Crippen molar-refractivity contribution in [2.45, 2.75) is 52.1 Å². The topological polar surface area (TPSA) is 87.6 Å². The first-order valence-electron chi connectivity index (χ1n) is 9.34. The molecule has 0 aliphatic heterocycles. The van der Waals surface area contributed by atoms with E-state index in [4.69, 9.17) is 9.94 Å². The van der Waals surface area contributed by atoms with Crippen LogP contribution in [0.5, 0.6) is 5.75 Å². The normalized spacial score (nSPS) is 10.7. The molecule has 0 bridgehead atoms. The third-order valence-corrected chi connectivity index (χ3v) is 3.95. The lowest BCUT2D eigenvalue weighted by atomic mass is 10.1. The lowest BCUT2D eigenvalue weighted by Gasteiger charge is -2.23. The Bertz CT molecular complexity index is 695. The summed E-state index contributed by atoms with van der Waals surface area (Å²) in [5, 5.41) is 8.51. The predicted octanol–water partition coefficient (Wildman–Crippen LogP) is 3.86. The van der Waals surface area contributed by atoms with E-state index in [0.717, 1.165) is 49.6 Å². The molecular weight excluding hydrogens is 344 g/mol. The Kier molecular flexibility index (Phi) is 8.51. The van der Waals surface area contributed by atoms with Gasteiger partial charge in [0, 0.05) is 31.4 Å². The van der Waals surface area contributed by atoms with Crippen LogP contribution in [-0.2, 0) is 4.79 Å². The molecule has 0 fully saturated rings. The number of hydroxylamine groups is 1. The van der Waals surface area contributed by atoms with Crippen LogP contribution in [0.1, 0.15) is 46.0 Å². The molecule has 1 amide bonds. The average molecular weight is 372 g/mol. The van der Waals surface area contributed by atoms with Crippen molar-refractivity contribution < 1.29 is 14.7 Å². The largest absolute Gasteiger partial charge is 0.491 e. The van der Waals surface area contributed by atoms with Crippen LogP contribution >= 0.6 is 0 Å². The number of nitrogens with one attached hydrogen (secondary N) is 1. The van der Waals surface area contributed by atoms with Crippen molar-refractivity contribution in [1.29, 1.82) is 0 Å². The molecule has 2 N–H and O–H groups in total. The fraction of sp³-hybridized carbons (Fsp3) is 0.450. The van der Waals surface area contributed by atoms with Crippen molar-refractivity contribution in [3.63, 3.8) is 0 Å². The van der Waals surface area contributed by atoms with E-state index in [0.29, 0.717) is 6.42 Å². The SMILES string of the molecule is CC(C)Oc1ccnc(N(CCCCCCC(=O)NO)c2ccccn2)c1. The number of anilines is 2. The Labute approximate surface area is 160 Å². The van der Waals surface area contributed by atoms with Crippen LogP contribution in [0.25, 0.3) is 0 Å². The van der Waals surface area contributed by atoms with Gasteiger partial charge in [0.2, 0.25) is 5.91 Å². The maximum atomic E-state index is 11.0. The molecule has 146 valence electrons. The van der Waals surface area contributed by atoms with E-state index in [1.165, 1.54) is 0 Å². The van der Waals surface area contributed by atoms with E-state index in [9.17, 15) is 4.79 Å². The minimum Gasteiger partial charge on any atom is -0.491 e. The summed E-state index contributed by atoms with van der Waals surface area (Å²) in [5.74, 6) is 2.08. The molecule has 0 atom stereocenters. The zero-order chi connectivity index (χ0) is 19.5. The Morgan fingerprint density at radius 1 is 1.11 bits per heavy atom. The molecule has 0 aromatic carbocycles. The number of hydrogen-bond acceptors (Lipinski definition) is 6. The van der Waals surface area contributed by atoms with Crippen molar-refractivity contribution in [1.82, 2.24) is 15.4 Å². The molecule has 2 rings (SSSR count). The maximum Gasteiger partial charge on any atom is 0.243 e. The smallest absolute Gasteiger partial charge is 0.243 e. The lowest BCUT2D eigenvalue weighted by molar-refractivity contribution is -0.129. The van der Waals surface area contributed by atoms with Gasteiger partial charge in [-0.1, -0.05) is 18.9 Å². The van der Waals surface area contributed by atoms with Gasteiger partial charge in [0.05, 0.1) is 6.10 Å². The summed E-state index contributed by atoms with van der Waals surface area (Å²) < 4.78 is 5.79. The van der Waals surface area contributed by atoms with Crippen LogP contribution in [-0.4, -0.2) is 33.7 Å². The Morgan fingerprint density at radius 3 is 2.59 bits per heavy atom. The minimum atomic E-state index is -0.337. The molecule has 7 nitrogen and oxygen atoms in total. The van der Waals surface area contributed by atoms with Gasteiger partial charge in [-0.15, -0.1) is 0 Å². The van der Waals surface area contributed by atoms with Crippen LogP contribution in [0, 0.1) is 0 Å².